The quantitative estimate of drug-likeness (QED) is 0.669. The first-order valence-corrected chi connectivity index (χ1v) is 4.27. The molecule has 0 fully saturated rings. The van der Waals surface area contributed by atoms with Gasteiger partial charge < -0.3 is 4.74 Å². The van der Waals surface area contributed by atoms with Gasteiger partial charge in [-0.2, -0.15) is 5.26 Å². The molecule has 0 aliphatic carbocycles. The van der Waals surface area contributed by atoms with Crippen LogP contribution < -0.4 is 0 Å². The SMILES string of the molecule is CC(=O)OC(C#N)c1ccccc1C. The summed E-state index contributed by atoms with van der Waals surface area (Å²) in [5, 5.41) is 8.83. The molecule has 1 rings (SSSR count). The maximum absolute atomic E-state index is 10.7. The molecule has 1 unspecified atom stereocenters. The van der Waals surface area contributed by atoms with Crippen molar-refractivity contribution in [2.45, 2.75) is 20.0 Å². The molecule has 72 valence electrons. The van der Waals surface area contributed by atoms with E-state index in [0.717, 1.165) is 11.1 Å². The molecule has 0 spiro atoms. The number of carbonyl (C=O) groups excluding carboxylic acids is 1. The molecule has 3 nitrogen and oxygen atoms in total. The lowest BCUT2D eigenvalue weighted by molar-refractivity contribution is -0.144. The van der Waals surface area contributed by atoms with E-state index in [0.29, 0.717) is 0 Å². The Labute approximate surface area is 82.9 Å². The Morgan fingerprint density at radius 2 is 2.14 bits per heavy atom. The Morgan fingerprint density at radius 3 is 2.64 bits per heavy atom. The second-order valence-corrected chi connectivity index (χ2v) is 2.98. The molecule has 0 aromatic heterocycles. The van der Waals surface area contributed by atoms with Gasteiger partial charge in [0.1, 0.15) is 6.07 Å². The summed E-state index contributed by atoms with van der Waals surface area (Å²) in [6.07, 6.45) is -0.798. The lowest BCUT2D eigenvalue weighted by Gasteiger charge is -2.11. The highest BCUT2D eigenvalue weighted by atomic mass is 16.5. The number of hydrogen-bond donors (Lipinski definition) is 0. The molecule has 3 heteroatoms. The zero-order valence-electron chi connectivity index (χ0n) is 8.15. The summed E-state index contributed by atoms with van der Waals surface area (Å²) in [4.78, 5) is 10.7. The van der Waals surface area contributed by atoms with Crippen LogP contribution in [0.3, 0.4) is 0 Å². The highest BCUT2D eigenvalue weighted by molar-refractivity contribution is 5.66. The van der Waals surface area contributed by atoms with Crippen LogP contribution in [0.1, 0.15) is 24.2 Å². The molecular weight excluding hydrogens is 178 g/mol. The van der Waals surface area contributed by atoms with Crippen molar-refractivity contribution in [1.82, 2.24) is 0 Å². The van der Waals surface area contributed by atoms with E-state index in [9.17, 15) is 4.79 Å². The first-order chi connectivity index (χ1) is 6.65. The minimum absolute atomic E-state index is 0.445. The molecule has 1 atom stereocenters. The Morgan fingerprint density at radius 1 is 1.50 bits per heavy atom. The summed E-state index contributed by atoms with van der Waals surface area (Å²) in [5.41, 5.74) is 1.69. The van der Waals surface area contributed by atoms with E-state index >= 15 is 0 Å². The first kappa shape index (κ1) is 10.3. The summed E-state index contributed by atoms with van der Waals surface area (Å²) in [5.74, 6) is -0.445. The molecule has 0 aliphatic rings. The summed E-state index contributed by atoms with van der Waals surface area (Å²) < 4.78 is 4.87. The van der Waals surface area contributed by atoms with Gasteiger partial charge in [-0.25, -0.2) is 0 Å². The predicted molar refractivity (Wildman–Crippen MR) is 51.3 cm³/mol. The third-order valence-corrected chi connectivity index (χ3v) is 1.87. The fourth-order valence-electron chi connectivity index (χ4n) is 1.21. The largest absolute Gasteiger partial charge is 0.442 e. The number of ether oxygens (including phenoxy) is 1. The van der Waals surface area contributed by atoms with Gasteiger partial charge in [-0.15, -0.1) is 0 Å². The van der Waals surface area contributed by atoms with Crippen LogP contribution >= 0.6 is 0 Å². The number of nitriles is 1. The van der Waals surface area contributed by atoms with Crippen molar-refractivity contribution in [2.75, 3.05) is 0 Å². The number of hydrogen-bond acceptors (Lipinski definition) is 3. The average Bonchev–Trinajstić information content (AvgIpc) is 2.15. The van der Waals surface area contributed by atoms with Crippen LogP contribution in [0.2, 0.25) is 0 Å². The lowest BCUT2D eigenvalue weighted by Crippen LogP contribution is -2.07. The molecule has 0 saturated carbocycles. The van der Waals surface area contributed by atoms with Crippen LogP contribution in [0, 0.1) is 18.3 Å². The van der Waals surface area contributed by atoms with Crippen molar-refractivity contribution in [3.63, 3.8) is 0 Å². The molecule has 1 aromatic carbocycles. The molecule has 0 amide bonds. The van der Waals surface area contributed by atoms with Gasteiger partial charge in [-0.05, 0) is 12.5 Å². The van der Waals surface area contributed by atoms with Crippen LogP contribution in [0.4, 0.5) is 0 Å². The summed E-state index contributed by atoms with van der Waals surface area (Å²) >= 11 is 0. The average molecular weight is 189 g/mol. The third kappa shape index (κ3) is 2.33. The number of benzene rings is 1. The van der Waals surface area contributed by atoms with Crippen LogP contribution in [-0.4, -0.2) is 5.97 Å². The van der Waals surface area contributed by atoms with Crippen LogP contribution in [0.25, 0.3) is 0 Å². The first-order valence-electron chi connectivity index (χ1n) is 4.27. The van der Waals surface area contributed by atoms with Crippen LogP contribution in [0.5, 0.6) is 0 Å². The van der Waals surface area contributed by atoms with Crippen LogP contribution in [0.15, 0.2) is 24.3 Å². The van der Waals surface area contributed by atoms with Gasteiger partial charge in [0.05, 0.1) is 0 Å². The molecule has 0 heterocycles. The number of nitrogens with zero attached hydrogens (tertiary/aromatic N) is 1. The van der Waals surface area contributed by atoms with Crippen molar-refractivity contribution in [2.24, 2.45) is 0 Å². The zero-order valence-corrected chi connectivity index (χ0v) is 8.15. The molecule has 14 heavy (non-hydrogen) atoms. The van der Waals surface area contributed by atoms with Gasteiger partial charge >= 0.3 is 5.97 Å². The molecule has 1 aromatic rings. The minimum atomic E-state index is -0.798. The number of aryl methyl sites for hydroxylation is 1. The lowest BCUT2D eigenvalue weighted by atomic mass is 10.0. The Kier molecular flexibility index (Phi) is 3.24. The van der Waals surface area contributed by atoms with E-state index in [1.54, 1.807) is 6.07 Å². The van der Waals surface area contributed by atoms with Crippen molar-refractivity contribution < 1.29 is 9.53 Å². The van der Waals surface area contributed by atoms with E-state index in [1.807, 2.05) is 31.2 Å². The van der Waals surface area contributed by atoms with Crippen LogP contribution in [-0.2, 0) is 9.53 Å². The summed E-state index contributed by atoms with van der Waals surface area (Å²) in [6, 6.07) is 9.30. The van der Waals surface area contributed by atoms with Crippen molar-refractivity contribution >= 4 is 5.97 Å². The number of carbonyl (C=O) groups is 1. The van der Waals surface area contributed by atoms with Crippen molar-refractivity contribution in [3.8, 4) is 6.07 Å². The fraction of sp³-hybridized carbons (Fsp3) is 0.273. The fourth-order valence-corrected chi connectivity index (χ4v) is 1.21. The summed E-state index contributed by atoms with van der Waals surface area (Å²) in [6.45, 7) is 3.17. The van der Waals surface area contributed by atoms with Gasteiger partial charge in [-0.1, -0.05) is 24.3 Å². The molecule has 0 radical (unpaired) electrons. The molecule has 0 N–H and O–H groups in total. The normalized spacial score (nSPS) is 11.5. The van der Waals surface area contributed by atoms with E-state index < -0.39 is 12.1 Å². The number of esters is 1. The van der Waals surface area contributed by atoms with Gasteiger partial charge in [-0.3, -0.25) is 4.79 Å². The number of rotatable bonds is 2. The van der Waals surface area contributed by atoms with Crippen molar-refractivity contribution in [1.29, 1.82) is 5.26 Å². The molecular formula is C11H11NO2. The van der Waals surface area contributed by atoms with E-state index in [2.05, 4.69) is 0 Å². The second-order valence-electron chi connectivity index (χ2n) is 2.98. The summed E-state index contributed by atoms with van der Waals surface area (Å²) in [7, 11) is 0. The molecule has 0 aliphatic heterocycles. The maximum Gasteiger partial charge on any atom is 0.304 e. The third-order valence-electron chi connectivity index (χ3n) is 1.87. The standard InChI is InChI=1S/C11H11NO2/c1-8-5-3-4-6-10(8)11(7-12)14-9(2)13/h3-6,11H,1-2H3. The van der Waals surface area contributed by atoms with Gasteiger partial charge in [0.2, 0.25) is 6.10 Å². The Bertz CT molecular complexity index is 379. The van der Waals surface area contributed by atoms with Gasteiger partial charge in [0, 0.05) is 12.5 Å². The molecule has 0 saturated heterocycles. The van der Waals surface area contributed by atoms with Crippen molar-refractivity contribution in [3.05, 3.63) is 35.4 Å². The van der Waals surface area contributed by atoms with E-state index in [4.69, 9.17) is 10.00 Å². The smallest absolute Gasteiger partial charge is 0.304 e. The Balaban J connectivity index is 2.96. The topological polar surface area (TPSA) is 50.1 Å². The highest BCUT2D eigenvalue weighted by Gasteiger charge is 2.14. The minimum Gasteiger partial charge on any atom is -0.442 e. The second kappa shape index (κ2) is 4.43. The predicted octanol–water partition coefficient (Wildman–Crippen LogP) is 2.12. The maximum atomic E-state index is 10.7. The Hall–Kier alpha value is -1.82. The highest BCUT2D eigenvalue weighted by Crippen LogP contribution is 2.20. The van der Waals surface area contributed by atoms with E-state index in [1.165, 1.54) is 6.92 Å². The monoisotopic (exact) mass is 189 g/mol. The van der Waals surface area contributed by atoms with E-state index in [-0.39, 0.29) is 0 Å². The van der Waals surface area contributed by atoms with Gasteiger partial charge in [0.15, 0.2) is 0 Å². The van der Waals surface area contributed by atoms with Gasteiger partial charge in [0.25, 0.3) is 0 Å². The molecule has 0 bridgehead atoms. The zero-order chi connectivity index (χ0) is 10.6.